The lowest BCUT2D eigenvalue weighted by Crippen LogP contribution is -2.34. The fourth-order valence-electron chi connectivity index (χ4n) is 1.99. The Morgan fingerprint density at radius 1 is 1.30 bits per heavy atom. The molecule has 1 atom stereocenters. The number of rotatable bonds is 10. The van der Waals surface area contributed by atoms with Crippen molar-refractivity contribution in [1.82, 2.24) is 5.32 Å². The van der Waals surface area contributed by atoms with E-state index in [0.717, 1.165) is 24.2 Å². The van der Waals surface area contributed by atoms with Gasteiger partial charge in [0.15, 0.2) is 11.5 Å². The van der Waals surface area contributed by atoms with Crippen LogP contribution in [0.2, 0.25) is 0 Å². The van der Waals surface area contributed by atoms with Crippen LogP contribution in [0.25, 0.3) is 6.08 Å². The molecule has 23 heavy (non-hydrogen) atoms. The number of amides is 1. The Hall–Kier alpha value is -2.01. The van der Waals surface area contributed by atoms with E-state index in [4.69, 9.17) is 14.2 Å². The van der Waals surface area contributed by atoms with E-state index in [1.807, 2.05) is 25.1 Å². The maximum atomic E-state index is 11.8. The minimum atomic E-state index is -0.156. The number of carbonyl (C=O) groups excluding carboxylic acids is 1. The van der Waals surface area contributed by atoms with Crippen molar-refractivity contribution in [1.29, 1.82) is 0 Å². The van der Waals surface area contributed by atoms with Crippen molar-refractivity contribution >= 4 is 12.0 Å². The zero-order valence-electron chi connectivity index (χ0n) is 14.4. The van der Waals surface area contributed by atoms with Crippen molar-refractivity contribution in [3.63, 3.8) is 0 Å². The number of hydrogen-bond acceptors (Lipinski definition) is 4. The molecule has 1 rings (SSSR count). The van der Waals surface area contributed by atoms with Crippen LogP contribution in [0, 0.1) is 0 Å². The fraction of sp³-hybridized carbons (Fsp3) is 0.500. The zero-order valence-corrected chi connectivity index (χ0v) is 14.4. The van der Waals surface area contributed by atoms with E-state index in [2.05, 4.69) is 12.2 Å². The number of nitrogens with one attached hydrogen (secondary N) is 1. The van der Waals surface area contributed by atoms with Gasteiger partial charge < -0.3 is 19.5 Å². The molecule has 0 heterocycles. The number of benzene rings is 1. The Morgan fingerprint density at radius 3 is 2.74 bits per heavy atom. The third kappa shape index (κ3) is 7.19. The smallest absolute Gasteiger partial charge is 0.244 e. The molecule has 0 bridgehead atoms. The maximum absolute atomic E-state index is 11.8. The highest BCUT2D eigenvalue weighted by Gasteiger charge is 2.06. The summed E-state index contributed by atoms with van der Waals surface area (Å²) in [6.07, 6.45) is 5.33. The Balaban J connectivity index is 2.66. The second-order valence-electron chi connectivity index (χ2n) is 5.31. The van der Waals surface area contributed by atoms with Gasteiger partial charge in [-0.25, -0.2) is 0 Å². The van der Waals surface area contributed by atoms with Crippen LogP contribution in [0.1, 0.15) is 32.3 Å². The van der Waals surface area contributed by atoms with Crippen molar-refractivity contribution in [2.75, 3.05) is 27.4 Å². The Kier molecular flexibility index (Phi) is 8.83. The monoisotopic (exact) mass is 321 g/mol. The Labute approximate surface area is 138 Å². The van der Waals surface area contributed by atoms with Gasteiger partial charge in [0.2, 0.25) is 5.91 Å². The highest BCUT2D eigenvalue weighted by molar-refractivity contribution is 5.92. The molecule has 0 radical (unpaired) electrons. The van der Waals surface area contributed by atoms with Crippen molar-refractivity contribution < 1.29 is 19.0 Å². The van der Waals surface area contributed by atoms with E-state index in [1.165, 1.54) is 6.08 Å². The molecular formula is C18H27NO4. The molecule has 0 aliphatic carbocycles. The van der Waals surface area contributed by atoms with Gasteiger partial charge in [0, 0.05) is 19.2 Å². The number of ether oxygens (including phenoxy) is 3. The zero-order chi connectivity index (χ0) is 17.1. The van der Waals surface area contributed by atoms with Gasteiger partial charge in [0.25, 0.3) is 0 Å². The van der Waals surface area contributed by atoms with Gasteiger partial charge >= 0.3 is 0 Å². The molecule has 0 spiro atoms. The largest absolute Gasteiger partial charge is 0.493 e. The topological polar surface area (TPSA) is 56.8 Å². The van der Waals surface area contributed by atoms with Gasteiger partial charge in [-0.2, -0.15) is 0 Å². The standard InChI is InChI=1S/C18H27NO4/c1-5-6-11-23-16-9-7-15(12-17(16)22-4)8-10-18(20)19-14(2)13-21-3/h7-10,12,14H,5-6,11,13H2,1-4H3,(H,19,20)/b10-8+. The molecule has 1 aromatic rings. The second kappa shape index (κ2) is 10.7. The van der Waals surface area contributed by atoms with Crippen LogP contribution in [0.3, 0.4) is 0 Å². The summed E-state index contributed by atoms with van der Waals surface area (Å²) in [4.78, 5) is 11.8. The first-order valence-electron chi connectivity index (χ1n) is 7.89. The summed E-state index contributed by atoms with van der Waals surface area (Å²) < 4.78 is 16.0. The third-order valence-corrected chi connectivity index (χ3v) is 3.18. The average molecular weight is 321 g/mol. The van der Waals surface area contributed by atoms with Crippen molar-refractivity contribution in [3.8, 4) is 11.5 Å². The van der Waals surface area contributed by atoms with Gasteiger partial charge in [-0.05, 0) is 37.1 Å². The van der Waals surface area contributed by atoms with Crippen LogP contribution >= 0.6 is 0 Å². The molecule has 0 saturated heterocycles. The lowest BCUT2D eigenvalue weighted by atomic mass is 10.2. The van der Waals surface area contributed by atoms with Gasteiger partial charge in [-0.15, -0.1) is 0 Å². The number of unbranched alkanes of at least 4 members (excludes halogenated alkanes) is 1. The Bertz CT molecular complexity index is 514. The lowest BCUT2D eigenvalue weighted by molar-refractivity contribution is -0.117. The van der Waals surface area contributed by atoms with Gasteiger partial charge in [0.1, 0.15) is 0 Å². The van der Waals surface area contributed by atoms with Crippen LogP contribution < -0.4 is 14.8 Å². The van der Waals surface area contributed by atoms with E-state index < -0.39 is 0 Å². The predicted octanol–water partition coefficient (Wildman–Crippen LogP) is 3.04. The second-order valence-corrected chi connectivity index (χ2v) is 5.31. The first-order valence-corrected chi connectivity index (χ1v) is 7.89. The van der Waals surface area contributed by atoms with Gasteiger partial charge in [-0.1, -0.05) is 19.4 Å². The molecule has 1 aromatic carbocycles. The van der Waals surface area contributed by atoms with Crippen molar-refractivity contribution in [2.24, 2.45) is 0 Å². The number of hydrogen-bond donors (Lipinski definition) is 1. The quantitative estimate of drug-likeness (QED) is 0.531. The molecule has 1 N–H and O–H groups in total. The Morgan fingerprint density at radius 2 is 2.09 bits per heavy atom. The van der Waals surface area contributed by atoms with Crippen LogP contribution in [0.5, 0.6) is 11.5 Å². The molecule has 0 aliphatic rings. The molecule has 5 nitrogen and oxygen atoms in total. The summed E-state index contributed by atoms with van der Waals surface area (Å²) in [5.41, 5.74) is 0.874. The SMILES string of the molecule is CCCCOc1ccc(/C=C/C(=O)NC(C)COC)cc1OC. The molecule has 1 unspecified atom stereocenters. The normalized spacial score (nSPS) is 12.2. The lowest BCUT2D eigenvalue weighted by Gasteiger charge is -2.11. The summed E-state index contributed by atoms with van der Waals surface area (Å²) in [7, 11) is 3.21. The van der Waals surface area contributed by atoms with Crippen LogP contribution in [-0.2, 0) is 9.53 Å². The van der Waals surface area contributed by atoms with E-state index >= 15 is 0 Å². The minimum Gasteiger partial charge on any atom is -0.493 e. The predicted molar refractivity (Wildman–Crippen MR) is 91.9 cm³/mol. The summed E-state index contributed by atoms with van der Waals surface area (Å²) >= 11 is 0. The van der Waals surface area contributed by atoms with E-state index in [9.17, 15) is 4.79 Å². The number of carbonyl (C=O) groups is 1. The van der Waals surface area contributed by atoms with E-state index in [-0.39, 0.29) is 11.9 Å². The molecular weight excluding hydrogens is 294 g/mol. The fourth-order valence-corrected chi connectivity index (χ4v) is 1.99. The van der Waals surface area contributed by atoms with Gasteiger partial charge in [0.05, 0.1) is 20.3 Å². The summed E-state index contributed by atoms with van der Waals surface area (Å²) in [5, 5.41) is 2.82. The summed E-state index contributed by atoms with van der Waals surface area (Å²) in [5.74, 6) is 1.23. The summed E-state index contributed by atoms with van der Waals surface area (Å²) in [6.45, 7) is 5.16. The van der Waals surface area contributed by atoms with Crippen LogP contribution in [0.15, 0.2) is 24.3 Å². The molecule has 0 saturated carbocycles. The first kappa shape index (κ1) is 19.0. The molecule has 0 aromatic heterocycles. The van der Waals surface area contributed by atoms with Crippen molar-refractivity contribution in [3.05, 3.63) is 29.8 Å². The first-order chi connectivity index (χ1) is 11.1. The van der Waals surface area contributed by atoms with Crippen LogP contribution in [-0.4, -0.2) is 39.4 Å². The van der Waals surface area contributed by atoms with E-state index in [1.54, 1.807) is 20.3 Å². The number of methoxy groups -OCH3 is 2. The molecule has 5 heteroatoms. The maximum Gasteiger partial charge on any atom is 0.244 e. The molecule has 1 amide bonds. The average Bonchev–Trinajstić information content (AvgIpc) is 2.54. The van der Waals surface area contributed by atoms with Crippen LogP contribution in [0.4, 0.5) is 0 Å². The van der Waals surface area contributed by atoms with Crippen molar-refractivity contribution in [2.45, 2.75) is 32.7 Å². The molecule has 0 aliphatic heterocycles. The molecule has 0 fully saturated rings. The summed E-state index contributed by atoms with van der Waals surface area (Å²) in [6, 6.07) is 5.58. The van der Waals surface area contributed by atoms with E-state index in [0.29, 0.717) is 19.0 Å². The highest BCUT2D eigenvalue weighted by Crippen LogP contribution is 2.28. The van der Waals surface area contributed by atoms with Gasteiger partial charge in [-0.3, -0.25) is 4.79 Å². The minimum absolute atomic E-state index is 0.0268. The third-order valence-electron chi connectivity index (χ3n) is 3.18. The molecule has 128 valence electrons. The highest BCUT2D eigenvalue weighted by atomic mass is 16.5.